The summed E-state index contributed by atoms with van der Waals surface area (Å²) in [5.74, 6) is 0.320. The molecule has 1 aromatic carbocycles. The number of alkyl halides is 3. The summed E-state index contributed by atoms with van der Waals surface area (Å²) in [5, 5.41) is 3.68. The fraction of sp³-hybridized carbons (Fsp3) is 0.294. The van der Waals surface area contributed by atoms with Crippen molar-refractivity contribution in [1.29, 1.82) is 0 Å². The third-order valence-electron chi connectivity index (χ3n) is 3.26. The van der Waals surface area contributed by atoms with Crippen LogP contribution >= 0.6 is 0 Å². The summed E-state index contributed by atoms with van der Waals surface area (Å²) in [7, 11) is 0. The van der Waals surface area contributed by atoms with Crippen molar-refractivity contribution in [3.05, 3.63) is 58.5 Å². The second-order valence-corrected chi connectivity index (χ2v) is 5.41. The summed E-state index contributed by atoms with van der Waals surface area (Å²) in [4.78, 5) is 16.7. The minimum Gasteiger partial charge on any atom is -0.466 e. The molecule has 0 amide bonds. The van der Waals surface area contributed by atoms with Gasteiger partial charge in [0.05, 0.1) is 11.3 Å². The Labute approximate surface area is 136 Å². The molecule has 2 aromatic rings. The van der Waals surface area contributed by atoms with Gasteiger partial charge in [-0.25, -0.2) is 4.79 Å². The molecule has 0 N–H and O–H groups in total. The van der Waals surface area contributed by atoms with Crippen LogP contribution in [0.25, 0.3) is 0 Å². The molecular weight excluding hydrogens is 323 g/mol. The molecule has 0 atom stereocenters. The lowest BCUT2D eigenvalue weighted by atomic mass is 10.1. The second kappa shape index (κ2) is 6.90. The van der Waals surface area contributed by atoms with Crippen molar-refractivity contribution < 1.29 is 27.2 Å². The fourth-order valence-electron chi connectivity index (χ4n) is 2.19. The molecular formula is C17H16F3NO3. The van der Waals surface area contributed by atoms with Gasteiger partial charge in [-0.1, -0.05) is 23.4 Å². The van der Waals surface area contributed by atoms with Crippen LogP contribution in [0.3, 0.4) is 0 Å². The highest BCUT2D eigenvalue weighted by Gasteiger charge is 2.30. The van der Waals surface area contributed by atoms with Crippen molar-refractivity contribution in [3.63, 3.8) is 0 Å². The Bertz CT molecular complexity index is 776. The first-order valence-electron chi connectivity index (χ1n) is 7.15. The summed E-state index contributed by atoms with van der Waals surface area (Å²) >= 11 is 0. The smallest absolute Gasteiger partial charge is 0.416 e. The average Bonchev–Trinajstić information content (AvgIpc) is 2.83. The molecule has 0 saturated carbocycles. The topological polar surface area (TPSA) is 51.8 Å². The lowest BCUT2D eigenvalue weighted by Gasteiger charge is -2.08. The van der Waals surface area contributed by atoms with Gasteiger partial charge in [0.25, 0.3) is 0 Å². The molecule has 2 rings (SSSR count). The SMILES string of the molecule is C/C(Cc1cccc(C(F)(F)F)c1)=N\OC(=O)c1cc(C)oc1C. The Kier molecular flexibility index (Phi) is 5.11. The molecule has 0 fully saturated rings. The first-order chi connectivity index (χ1) is 11.2. The van der Waals surface area contributed by atoms with Crippen LogP contribution in [-0.2, 0) is 17.4 Å². The van der Waals surface area contributed by atoms with Gasteiger partial charge in [0.15, 0.2) is 0 Å². The number of halogens is 3. The van der Waals surface area contributed by atoms with Gasteiger partial charge in [-0.05, 0) is 38.5 Å². The van der Waals surface area contributed by atoms with Gasteiger partial charge in [-0.2, -0.15) is 13.2 Å². The Morgan fingerprint density at radius 1 is 1.25 bits per heavy atom. The lowest BCUT2D eigenvalue weighted by Crippen LogP contribution is -2.07. The Morgan fingerprint density at radius 2 is 1.96 bits per heavy atom. The molecule has 128 valence electrons. The second-order valence-electron chi connectivity index (χ2n) is 5.41. The number of nitrogens with zero attached hydrogens (tertiary/aromatic N) is 1. The minimum atomic E-state index is -4.40. The number of benzene rings is 1. The Morgan fingerprint density at radius 3 is 2.54 bits per heavy atom. The third kappa shape index (κ3) is 4.47. The molecule has 0 saturated heterocycles. The molecule has 0 aliphatic carbocycles. The largest absolute Gasteiger partial charge is 0.466 e. The monoisotopic (exact) mass is 339 g/mol. The van der Waals surface area contributed by atoms with Crippen LogP contribution in [0.1, 0.15) is 39.9 Å². The molecule has 1 heterocycles. The zero-order valence-corrected chi connectivity index (χ0v) is 13.4. The highest BCUT2D eigenvalue weighted by molar-refractivity contribution is 5.91. The van der Waals surface area contributed by atoms with E-state index in [2.05, 4.69) is 5.16 Å². The van der Waals surface area contributed by atoms with Gasteiger partial charge in [0.2, 0.25) is 0 Å². The van der Waals surface area contributed by atoms with Crippen LogP contribution in [0, 0.1) is 13.8 Å². The van der Waals surface area contributed by atoms with Crippen molar-refractivity contribution >= 4 is 11.7 Å². The van der Waals surface area contributed by atoms with Gasteiger partial charge in [-0.3, -0.25) is 0 Å². The molecule has 7 heteroatoms. The molecule has 24 heavy (non-hydrogen) atoms. The standard InChI is InChI=1S/C17H16F3NO3/c1-10(7-13-5-4-6-14(9-13)17(18,19)20)21-24-16(22)15-8-11(2)23-12(15)3/h4-6,8-9H,7H2,1-3H3/b21-10+. The van der Waals surface area contributed by atoms with Crippen LogP contribution in [0.5, 0.6) is 0 Å². The van der Waals surface area contributed by atoms with Crippen LogP contribution in [0.15, 0.2) is 39.9 Å². The predicted octanol–water partition coefficient (Wildman–Crippen LogP) is 4.69. The minimum absolute atomic E-state index is 0.139. The molecule has 0 aliphatic heterocycles. The molecule has 0 bridgehead atoms. The number of hydrogen-bond donors (Lipinski definition) is 0. The van der Waals surface area contributed by atoms with Crippen molar-refractivity contribution in [1.82, 2.24) is 0 Å². The molecule has 0 aliphatic rings. The van der Waals surface area contributed by atoms with Crippen molar-refractivity contribution in [2.45, 2.75) is 33.4 Å². The molecule has 4 nitrogen and oxygen atoms in total. The quantitative estimate of drug-likeness (QED) is 0.461. The number of carbonyl (C=O) groups excluding carboxylic acids is 1. The Hall–Kier alpha value is -2.57. The number of oxime groups is 1. The van der Waals surface area contributed by atoms with Gasteiger partial charge in [-0.15, -0.1) is 0 Å². The summed E-state index contributed by atoms with van der Waals surface area (Å²) in [6.07, 6.45) is -4.26. The highest BCUT2D eigenvalue weighted by Crippen LogP contribution is 2.29. The van der Waals surface area contributed by atoms with E-state index in [1.807, 2.05) is 0 Å². The number of furan rings is 1. The molecule has 0 spiro atoms. The van der Waals surface area contributed by atoms with E-state index in [9.17, 15) is 18.0 Å². The number of hydrogen-bond acceptors (Lipinski definition) is 4. The third-order valence-corrected chi connectivity index (χ3v) is 3.26. The maximum atomic E-state index is 12.7. The average molecular weight is 339 g/mol. The normalized spacial score (nSPS) is 12.3. The molecule has 0 radical (unpaired) electrons. The number of carbonyl (C=O) groups is 1. The first kappa shape index (κ1) is 17.8. The zero-order valence-electron chi connectivity index (χ0n) is 13.4. The first-order valence-corrected chi connectivity index (χ1v) is 7.15. The van der Waals surface area contributed by atoms with Crippen molar-refractivity contribution in [2.24, 2.45) is 5.16 Å². The van der Waals surface area contributed by atoms with Gasteiger partial charge < -0.3 is 9.25 Å². The van der Waals surface area contributed by atoms with E-state index in [0.29, 0.717) is 22.8 Å². The van der Waals surface area contributed by atoms with E-state index in [0.717, 1.165) is 12.1 Å². The zero-order chi connectivity index (χ0) is 17.9. The molecule has 0 unspecified atom stereocenters. The van der Waals surface area contributed by atoms with Crippen LogP contribution in [-0.4, -0.2) is 11.7 Å². The van der Waals surface area contributed by atoms with E-state index in [1.54, 1.807) is 26.8 Å². The van der Waals surface area contributed by atoms with Gasteiger partial charge in [0.1, 0.15) is 17.1 Å². The van der Waals surface area contributed by atoms with E-state index in [4.69, 9.17) is 9.25 Å². The van der Waals surface area contributed by atoms with Crippen LogP contribution in [0.2, 0.25) is 0 Å². The maximum absolute atomic E-state index is 12.7. The fourth-order valence-corrected chi connectivity index (χ4v) is 2.19. The summed E-state index contributed by atoms with van der Waals surface area (Å²) in [6, 6.07) is 6.47. The predicted molar refractivity (Wildman–Crippen MR) is 81.9 cm³/mol. The Balaban J connectivity index is 2.04. The van der Waals surface area contributed by atoms with Crippen LogP contribution < -0.4 is 0 Å². The van der Waals surface area contributed by atoms with E-state index in [-0.39, 0.29) is 12.0 Å². The number of rotatable bonds is 4. The maximum Gasteiger partial charge on any atom is 0.416 e. The van der Waals surface area contributed by atoms with E-state index in [1.165, 1.54) is 12.1 Å². The highest BCUT2D eigenvalue weighted by atomic mass is 19.4. The van der Waals surface area contributed by atoms with Crippen LogP contribution in [0.4, 0.5) is 13.2 Å². The van der Waals surface area contributed by atoms with Crippen molar-refractivity contribution in [2.75, 3.05) is 0 Å². The van der Waals surface area contributed by atoms with Gasteiger partial charge >= 0.3 is 12.1 Å². The number of aryl methyl sites for hydroxylation is 2. The summed E-state index contributed by atoms with van der Waals surface area (Å²) < 4.78 is 43.3. The summed E-state index contributed by atoms with van der Waals surface area (Å²) in [6.45, 7) is 4.90. The summed E-state index contributed by atoms with van der Waals surface area (Å²) in [5.41, 5.74) is 0.343. The molecule has 1 aromatic heterocycles. The lowest BCUT2D eigenvalue weighted by molar-refractivity contribution is -0.137. The van der Waals surface area contributed by atoms with Crippen molar-refractivity contribution in [3.8, 4) is 0 Å². The van der Waals surface area contributed by atoms with E-state index >= 15 is 0 Å². The van der Waals surface area contributed by atoms with Gasteiger partial charge in [0, 0.05) is 6.42 Å². The van der Waals surface area contributed by atoms with E-state index < -0.39 is 17.7 Å².